The van der Waals surface area contributed by atoms with Gasteiger partial charge in [-0.25, -0.2) is 8.78 Å². The van der Waals surface area contributed by atoms with Crippen LogP contribution in [-0.4, -0.2) is 18.5 Å². The van der Waals surface area contributed by atoms with Crippen LogP contribution in [0.2, 0.25) is 0 Å². The van der Waals surface area contributed by atoms with Crippen LogP contribution >= 0.6 is 0 Å². The Labute approximate surface area is 84.3 Å². The van der Waals surface area contributed by atoms with Crippen LogP contribution in [0.1, 0.15) is 45.4 Å². The van der Waals surface area contributed by atoms with E-state index < -0.39 is 12.0 Å². The fourth-order valence-corrected chi connectivity index (χ4v) is 3.50. The van der Waals surface area contributed by atoms with Crippen LogP contribution in [0, 0.1) is 5.41 Å². The number of rotatable bonds is 3. The van der Waals surface area contributed by atoms with Crippen LogP contribution in [0.3, 0.4) is 0 Å². The molecule has 3 heteroatoms. The Hall–Kier alpha value is -0.180. The molecule has 2 aliphatic carbocycles. The number of nitrogens with one attached hydrogen (secondary N) is 1. The van der Waals surface area contributed by atoms with Crippen LogP contribution in [0.5, 0.6) is 0 Å². The Morgan fingerprint density at radius 3 is 2.14 bits per heavy atom. The highest BCUT2D eigenvalue weighted by molar-refractivity contribution is 5.13. The van der Waals surface area contributed by atoms with Gasteiger partial charge in [0.05, 0.1) is 5.54 Å². The molecule has 1 atom stereocenters. The van der Waals surface area contributed by atoms with Gasteiger partial charge in [0, 0.05) is 0 Å². The average Bonchev–Trinajstić information content (AvgIpc) is 2.44. The second-order valence-corrected chi connectivity index (χ2v) is 4.79. The van der Waals surface area contributed by atoms with Gasteiger partial charge in [0.15, 0.2) is 0 Å². The zero-order valence-electron chi connectivity index (χ0n) is 8.78. The van der Waals surface area contributed by atoms with Gasteiger partial charge in [-0.05, 0) is 37.6 Å². The Kier molecular flexibility index (Phi) is 2.54. The smallest absolute Gasteiger partial charge is 0.257 e. The molecule has 0 aromatic rings. The first-order valence-electron chi connectivity index (χ1n) is 5.70. The summed E-state index contributed by atoms with van der Waals surface area (Å²) >= 11 is 0. The molecule has 1 N–H and O–H groups in total. The highest BCUT2D eigenvalue weighted by Gasteiger charge is 2.61. The molecular formula is C11H19F2N. The Bertz CT molecular complexity index is 213. The largest absolute Gasteiger partial charge is 0.306 e. The lowest BCUT2D eigenvalue weighted by Gasteiger charge is -2.52. The zero-order chi connectivity index (χ0) is 10.2. The number of hydrogen-bond donors (Lipinski definition) is 1. The molecule has 0 aromatic carbocycles. The number of hydrogen-bond acceptors (Lipinski definition) is 1. The number of halogens is 2. The third-order valence-electron chi connectivity index (χ3n) is 4.35. The summed E-state index contributed by atoms with van der Waals surface area (Å²) in [5.41, 5.74) is -0.906. The van der Waals surface area contributed by atoms with Crippen molar-refractivity contribution in [2.45, 2.75) is 57.4 Å². The third kappa shape index (κ3) is 1.14. The van der Waals surface area contributed by atoms with Gasteiger partial charge in [-0.15, -0.1) is 0 Å². The zero-order valence-corrected chi connectivity index (χ0v) is 8.78. The molecule has 0 aliphatic heterocycles. The lowest BCUT2D eigenvalue weighted by molar-refractivity contribution is -0.0758. The Morgan fingerprint density at radius 1 is 1.14 bits per heavy atom. The van der Waals surface area contributed by atoms with Crippen molar-refractivity contribution < 1.29 is 8.78 Å². The van der Waals surface area contributed by atoms with Gasteiger partial charge >= 0.3 is 0 Å². The SMILES string of the molecule is CCNC1(C(F)F)CCCC12CCC2. The molecule has 0 aromatic heterocycles. The van der Waals surface area contributed by atoms with Crippen molar-refractivity contribution in [1.82, 2.24) is 5.32 Å². The van der Waals surface area contributed by atoms with Gasteiger partial charge in [0.25, 0.3) is 6.43 Å². The first kappa shape index (κ1) is 10.3. The minimum absolute atomic E-state index is 0.0584. The van der Waals surface area contributed by atoms with Crippen LogP contribution < -0.4 is 5.32 Å². The molecule has 14 heavy (non-hydrogen) atoms. The van der Waals surface area contributed by atoms with Crippen molar-refractivity contribution in [2.75, 3.05) is 6.54 Å². The summed E-state index contributed by atoms with van der Waals surface area (Å²) in [5.74, 6) is 0. The molecule has 1 nitrogen and oxygen atoms in total. The fraction of sp³-hybridized carbons (Fsp3) is 1.00. The van der Waals surface area contributed by atoms with Crippen LogP contribution in [-0.2, 0) is 0 Å². The Morgan fingerprint density at radius 2 is 1.71 bits per heavy atom. The third-order valence-corrected chi connectivity index (χ3v) is 4.35. The van der Waals surface area contributed by atoms with Gasteiger partial charge in [0.1, 0.15) is 0 Å². The van der Waals surface area contributed by atoms with E-state index in [1.54, 1.807) is 0 Å². The summed E-state index contributed by atoms with van der Waals surface area (Å²) in [6.07, 6.45) is 3.58. The maximum atomic E-state index is 13.2. The van der Waals surface area contributed by atoms with E-state index >= 15 is 0 Å². The molecule has 2 aliphatic rings. The lowest BCUT2D eigenvalue weighted by atomic mass is 9.58. The quantitative estimate of drug-likeness (QED) is 0.743. The molecule has 2 fully saturated rings. The van der Waals surface area contributed by atoms with E-state index in [0.717, 1.165) is 32.1 Å². The van der Waals surface area contributed by atoms with Gasteiger partial charge in [0.2, 0.25) is 0 Å². The maximum Gasteiger partial charge on any atom is 0.257 e. The summed E-state index contributed by atoms with van der Waals surface area (Å²) in [6.45, 7) is 2.58. The Balaban J connectivity index is 2.23. The van der Waals surface area contributed by atoms with E-state index in [9.17, 15) is 8.78 Å². The second-order valence-electron chi connectivity index (χ2n) is 4.79. The molecule has 82 valence electrons. The van der Waals surface area contributed by atoms with E-state index in [0.29, 0.717) is 13.0 Å². The molecule has 1 unspecified atom stereocenters. The molecule has 2 rings (SSSR count). The van der Waals surface area contributed by atoms with Crippen LogP contribution in [0.4, 0.5) is 8.78 Å². The van der Waals surface area contributed by atoms with E-state index in [1.807, 2.05) is 6.92 Å². The van der Waals surface area contributed by atoms with Gasteiger partial charge in [-0.1, -0.05) is 19.8 Å². The van der Waals surface area contributed by atoms with Crippen molar-refractivity contribution in [1.29, 1.82) is 0 Å². The topological polar surface area (TPSA) is 12.0 Å². The molecule has 2 saturated carbocycles. The van der Waals surface area contributed by atoms with Gasteiger partial charge in [-0.2, -0.15) is 0 Å². The van der Waals surface area contributed by atoms with E-state index in [1.165, 1.54) is 0 Å². The van der Waals surface area contributed by atoms with Gasteiger partial charge < -0.3 is 5.32 Å². The molecular weight excluding hydrogens is 184 g/mol. The summed E-state index contributed by atoms with van der Waals surface area (Å²) in [4.78, 5) is 0. The predicted octanol–water partition coefficient (Wildman–Crippen LogP) is 2.95. The van der Waals surface area contributed by atoms with E-state index in [2.05, 4.69) is 5.32 Å². The van der Waals surface area contributed by atoms with Crippen LogP contribution in [0.15, 0.2) is 0 Å². The summed E-state index contributed by atoms with van der Waals surface area (Å²) < 4.78 is 26.5. The number of alkyl halides is 2. The first-order valence-corrected chi connectivity index (χ1v) is 5.70. The summed E-state index contributed by atoms with van der Waals surface area (Å²) in [6, 6.07) is 0. The average molecular weight is 203 g/mol. The highest BCUT2D eigenvalue weighted by Crippen LogP contribution is 2.60. The monoisotopic (exact) mass is 203 g/mol. The molecule has 1 spiro atoms. The highest BCUT2D eigenvalue weighted by atomic mass is 19.3. The predicted molar refractivity (Wildman–Crippen MR) is 52.5 cm³/mol. The molecule has 0 saturated heterocycles. The minimum Gasteiger partial charge on any atom is -0.306 e. The fourth-order valence-electron chi connectivity index (χ4n) is 3.50. The van der Waals surface area contributed by atoms with E-state index in [-0.39, 0.29) is 5.41 Å². The minimum atomic E-state index is -2.20. The van der Waals surface area contributed by atoms with Crippen molar-refractivity contribution >= 4 is 0 Å². The van der Waals surface area contributed by atoms with Crippen molar-refractivity contribution in [3.63, 3.8) is 0 Å². The van der Waals surface area contributed by atoms with E-state index in [4.69, 9.17) is 0 Å². The molecule has 0 radical (unpaired) electrons. The van der Waals surface area contributed by atoms with Crippen molar-refractivity contribution in [2.24, 2.45) is 5.41 Å². The molecule has 0 heterocycles. The normalized spacial score (nSPS) is 35.1. The first-order chi connectivity index (χ1) is 6.67. The summed E-state index contributed by atoms with van der Waals surface area (Å²) in [7, 11) is 0. The van der Waals surface area contributed by atoms with Gasteiger partial charge in [-0.3, -0.25) is 0 Å². The maximum absolute atomic E-state index is 13.2. The van der Waals surface area contributed by atoms with Crippen molar-refractivity contribution in [3.8, 4) is 0 Å². The summed E-state index contributed by atoms with van der Waals surface area (Å²) in [5, 5.41) is 3.10. The molecule has 0 amide bonds. The standard InChI is InChI=1S/C11H19F2N/c1-2-14-11(9(12)13)8-4-7-10(11)5-3-6-10/h9,14H,2-8H2,1H3. The second kappa shape index (κ2) is 3.44. The van der Waals surface area contributed by atoms with Crippen molar-refractivity contribution in [3.05, 3.63) is 0 Å². The lowest BCUT2D eigenvalue weighted by Crippen LogP contribution is -2.62. The molecule has 0 bridgehead atoms. The van der Waals surface area contributed by atoms with Crippen LogP contribution in [0.25, 0.3) is 0 Å².